The second kappa shape index (κ2) is 25.3. The van der Waals surface area contributed by atoms with E-state index in [-0.39, 0.29) is 42.3 Å². The van der Waals surface area contributed by atoms with E-state index in [9.17, 15) is 19.2 Å². The van der Waals surface area contributed by atoms with Gasteiger partial charge in [-0.05, 0) is 91.2 Å². The van der Waals surface area contributed by atoms with Crippen molar-refractivity contribution in [2.24, 2.45) is 5.73 Å². The second-order valence-electron chi connectivity index (χ2n) is 21.6. The molecule has 4 aliphatic heterocycles. The Labute approximate surface area is 472 Å². The highest BCUT2D eigenvalue weighted by atomic mass is 35.5. The molecule has 0 radical (unpaired) electrons. The number of hydrogen-bond acceptors (Lipinski definition) is 18. The van der Waals surface area contributed by atoms with E-state index in [0.717, 1.165) is 184 Å². The van der Waals surface area contributed by atoms with Crippen molar-refractivity contribution in [2.75, 3.05) is 108 Å². The summed E-state index contributed by atoms with van der Waals surface area (Å²) >= 11 is 12.3. The molecule has 6 aromatic rings. The molecule has 0 spiro atoms. The fourth-order valence-corrected chi connectivity index (χ4v) is 16.1. The third kappa shape index (κ3) is 13.2. The van der Waals surface area contributed by atoms with E-state index in [1.165, 1.54) is 62.7 Å². The minimum absolute atomic E-state index is 0.0949. The fraction of sp³-hybridized carbons (Fsp3) is 0.630. The number of benzene rings is 2. The minimum Gasteiger partial charge on any atom is -0.352 e. The molecule has 4 aromatic heterocycles. The van der Waals surface area contributed by atoms with Crippen LogP contribution < -0.4 is 21.7 Å². The summed E-state index contributed by atoms with van der Waals surface area (Å²) in [7, 11) is 0. The van der Waals surface area contributed by atoms with Crippen LogP contribution in [-0.2, 0) is 19.2 Å². The average Bonchev–Trinajstić information content (AvgIpc) is 4.34. The smallest absolute Gasteiger partial charge is 0.244 e. The van der Waals surface area contributed by atoms with Crippen molar-refractivity contribution in [3.8, 4) is 0 Å². The van der Waals surface area contributed by atoms with Crippen molar-refractivity contribution in [2.45, 2.75) is 129 Å². The quantitative estimate of drug-likeness (QED) is 0.0909. The van der Waals surface area contributed by atoms with Gasteiger partial charge in [0.25, 0.3) is 0 Å². The molecule has 8 heterocycles. The van der Waals surface area contributed by atoms with Gasteiger partial charge >= 0.3 is 0 Å². The van der Waals surface area contributed by atoms with Crippen LogP contribution in [0.5, 0.6) is 0 Å². The van der Waals surface area contributed by atoms with Crippen LogP contribution in [0.3, 0.4) is 0 Å². The summed E-state index contributed by atoms with van der Waals surface area (Å²) in [5, 5.41) is 12.1. The van der Waals surface area contributed by atoms with Crippen LogP contribution >= 0.6 is 56.9 Å². The number of hydrogen-bond donors (Lipinski definition) is 4. The van der Waals surface area contributed by atoms with E-state index in [1.807, 2.05) is 40.4 Å². The van der Waals surface area contributed by atoms with Gasteiger partial charge in [0.2, 0.25) is 23.6 Å². The van der Waals surface area contributed by atoms with Gasteiger partial charge in [0.05, 0.1) is 60.0 Å². The summed E-state index contributed by atoms with van der Waals surface area (Å²) in [5.74, 6) is 0.532. The molecule has 2 aromatic carbocycles. The molecule has 23 heteroatoms. The van der Waals surface area contributed by atoms with Gasteiger partial charge in [-0.15, -0.1) is 11.3 Å². The predicted octanol–water partition coefficient (Wildman–Crippen LogP) is 8.46. The molecule has 5 N–H and O–H groups in total. The van der Waals surface area contributed by atoms with Crippen LogP contribution in [-0.4, -0.2) is 189 Å². The Hall–Kier alpha value is -4.55. The van der Waals surface area contributed by atoms with Gasteiger partial charge in [-0.1, -0.05) is 71.3 Å². The normalized spacial score (nSPS) is 19.8. The zero-order valence-corrected chi connectivity index (χ0v) is 49.1. The maximum Gasteiger partial charge on any atom is 0.244 e. The molecule has 2 unspecified atom stereocenters. The number of piperazine rings is 2. The maximum absolute atomic E-state index is 12.9. The number of carbonyl (C=O) groups excluding carboxylic acids is 4. The summed E-state index contributed by atoms with van der Waals surface area (Å²) in [4.78, 5) is 81.0. The van der Waals surface area contributed by atoms with Gasteiger partial charge < -0.3 is 41.3 Å². The molecule has 6 fully saturated rings. The number of aromatic nitrogens is 4. The van der Waals surface area contributed by atoms with Crippen molar-refractivity contribution >= 4 is 137 Å². The Bertz CT molecular complexity index is 3030. The molecule has 18 nitrogen and oxygen atoms in total. The van der Waals surface area contributed by atoms with Crippen molar-refractivity contribution in [1.29, 1.82) is 0 Å². The van der Waals surface area contributed by atoms with Crippen LogP contribution in [0, 0.1) is 13.8 Å². The summed E-state index contributed by atoms with van der Waals surface area (Å²) in [6, 6.07) is 5.07. The van der Waals surface area contributed by atoms with Gasteiger partial charge in [0.1, 0.15) is 6.04 Å². The number of fused-ring (bicyclic) bond motifs is 4. The van der Waals surface area contributed by atoms with E-state index in [1.54, 1.807) is 40.9 Å². The number of anilines is 3. The van der Waals surface area contributed by atoms with Crippen LogP contribution in [0.4, 0.5) is 15.4 Å². The number of carbonyl (C=O) groups is 4. The molecule has 4 saturated heterocycles. The predicted molar refractivity (Wildman–Crippen MR) is 316 cm³/mol. The summed E-state index contributed by atoms with van der Waals surface area (Å²) in [6.45, 7) is 19.1. The third-order valence-corrected chi connectivity index (χ3v) is 20.2. The summed E-state index contributed by atoms with van der Waals surface area (Å²) in [6.07, 6.45) is 15.1. The molecule has 12 rings (SSSR count). The molecule has 2 saturated carbocycles. The molecular weight excluding hydrogens is 1070 g/mol. The van der Waals surface area contributed by atoms with Gasteiger partial charge in [-0.2, -0.15) is 0 Å². The summed E-state index contributed by atoms with van der Waals surface area (Å²) in [5.41, 5.74) is 11.2. The lowest BCUT2D eigenvalue weighted by atomic mass is 10.2. The SMILES string of the molecule is CC(N)C(=O)N1CCCC1.Cc1c2nc(Cl)sc2cc2sc(NCC(=O)N3CCN(C4CCCC4)CC3)nc12.Cc1c2nc(NCC(=O)N3CCN(C4CCCC4)CC3)sc2cc2sc(NC(C)C(=O)N3CCCC3)nc12. The highest BCUT2D eigenvalue weighted by Gasteiger charge is 2.30. The highest BCUT2D eigenvalue weighted by Crippen LogP contribution is 2.39. The Kier molecular flexibility index (Phi) is 18.3. The monoisotopic (exact) mass is 1150 g/mol. The lowest BCUT2D eigenvalue weighted by molar-refractivity contribution is -0.132. The first-order chi connectivity index (χ1) is 37.3. The van der Waals surface area contributed by atoms with E-state index in [0.29, 0.717) is 11.0 Å². The molecular formula is C54H75ClN14O4S4. The van der Waals surface area contributed by atoms with Crippen molar-refractivity contribution in [3.05, 3.63) is 27.7 Å². The van der Waals surface area contributed by atoms with Gasteiger partial charge in [-0.3, -0.25) is 29.0 Å². The molecule has 77 heavy (non-hydrogen) atoms. The van der Waals surface area contributed by atoms with Crippen LogP contribution in [0.2, 0.25) is 4.47 Å². The minimum atomic E-state index is -0.321. The van der Waals surface area contributed by atoms with E-state index >= 15 is 0 Å². The Morgan fingerprint density at radius 2 is 0.909 bits per heavy atom. The van der Waals surface area contributed by atoms with Crippen molar-refractivity contribution in [3.63, 3.8) is 0 Å². The lowest BCUT2D eigenvalue weighted by Crippen LogP contribution is -2.52. The first-order valence-corrected chi connectivity index (χ1v) is 31.6. The van der Waals surface area contributed by atoms with E-state index in [2.05, 4.69) is 42.9 Å². The Balaban J connectivity index is 0.000000152. The van der Waals surface area contributed by atoms with Gasteiger partial charge in [0.15, 0.2) is 19.9 Å². The number of likely N-dealkylation sites (tertiary alicyclic amines) is 2. The molecule has 4 amide bonds. The number of nitrogens with one attached hydrogen (secondary N) is 3. The van der Waals surface area contributed by atoms with Crippen LogP contribution in [0.25, 0.3) is 40.9 Å². The standard InChI is InChI=1S/C27H37N7O2S2.C20H24ClN5OS2.C7H14N2O/c1-17-23-20(15-21-24(17)31-27(38-21)29-18(2)25(36)34-9-5-6-10-34)37-26(30-23)28-16-22(35)33-13-11-32(12-14-33)19-7-3-4-8-19;1-12-17-14(28-19(21)23-17)10-15-18(12)24-20(29-15)22-11-16(27)26-8-6-25(7-9-26)13-4-2-3-5-13;1-6(8)7(10)9-4-2-3-5-9/h15,18-19H,3-14,16H2,1-2H3,(H,28,30)(H,29,31);10,13H,2-9,11H2,1H3,(H,22,24);6H,2-5,8H2,1H3. The number of aryl methyl sites for hydroxylation is 2. The van der Waals surface area contributed by atoms with Gasteiger partial charge in [0, 0.05) is 102 Å². The second-order valence-corrected chi connectivity index (χ2v) is 26.3. The Morgan fingerprint density at radius 1 is 0.532 bits per heavy atom. The number of rotatable bonds is 12. The Morgan fingerprint density at radius 3 is 1.34 bits per heavy atom. The zero-order chi connectivity index (χ0) is 53.7. The molecule has 0 bridgehead atoms. The summed E-state index contributed by atoms with van der Waals surface area (Å²) < 4.78 is 4.87. The fourth-order valence-electron chi connectivity index (χ4n) is 11.9. The zero-order valence-electron chi connectivity index (χ0n) is 45.0. The van der Waals surface area contributed by atoms with Crippen LogP contribution in [0.15, 0.2) is 12.1 Å². The third-order valence-electron chi connectivity index (χ3n) is 16.3. The average molecular weight is 1150 g/mol. The number of thiazole rings is 4. The first kappa shape index (κ1) is 55.8. The van der Waals surface area contributed by atoms with E-state index < -0.39 is 0 Å². The molecule has 416 valence electrons. The van der Waals surface area contributed by atoms with Crippen molar-refractivity contribution < 1.29 is 19.2 Å². The highest BCUT2D eigenvalue weighted by molar-refractivity contribution is 7.25. The maximum atomic E-state index is 12.9. The first-order valence-electron chi connectivity index (χ1n) is 27.9. The van der Waals surface area contributed by atoms with Crippen molar-refractivity contribution in [1.82, 2.24) is 49.3 Å². The number of amides is 4. The lowest BCUT2D eigenvalue weighted by Gasteiger charge is -2.38. The largest absolute Gasteiger partial charge is 0.352 e. The number of nitrogens with zero attached hydrogens (tertiary/aromatic N) is 10. The topological polar surface area (TPSA) is 201 Å². The van der Waals surface area contributed by atoms with Crippen LogP contribution in [0.1, 0.15) is 102 Å². The van der Waals surface area contributed by atoms with Gasteiger partial charge in [-0.25, -0.2) is 19.9 Å². The van der Waals surface area contributed by atoms with E-state index in [4.69, 9.17) is 32.3 Å². The number of halogens is 1. The molecule has 2 atom stereocenters. The molecule has 6 aliphatic rings. The molecule has 2 aliphatic carbocycles. The number of nitrogens with two attached hydrogens (primary N) is 1.